The molecular weight excluding hydrogens is 487 g/mol. The van der Waals surface area contributed by atoms with E-state index in [1.807, 2.05) is 30.3 Å². The lowest BCUT2D eigenvalue weighted by atomic mass is 9.90. The molecule has 0 aliphatic carbocycles. The predicted octanol–water partition coefficient (Wildman–Crippen LogP) is 3.94. The summed E-state index contributed by atoms with van der Waals surface area (Å²) in [5, 5.41) is 14.6. The minimum Gasteiger partial charge on any atom is -0.381 e. The van der Waals surface area contributed by atoms with E-state index >= 15 is 0 Å². The number of aliphatic hydroxyl groups is 1. The van der Waals surface area contributed by atoms with E-state index in [-0.39, 0.29) is 25.7 Å². The highest BCUT2D eigenvalue weighted by molar-refractivity contribution is 5.94. The van der Waals surface area contributed by atoms with Crippen LogP contribution < -0.4 is 5.32 Å². The number of alkyl halides is 1. The number of rotatable bonds is 5. The summed E-state index contributed by atoms with van der Waals surface area (Å²) >= 11 is 0. The van der Waals surface area contributed by atoms with E-state index in [1.54, 1.807) is 30.5 Å². The van der Waals surface area contributed by atoms with E-state index < -0.39 is 11.3 Å². The van der Waals surface area contributed by atoms with E-state index in [0.29, 0.717) is 59.1 Å². The highest BCUT2D eigenvalue weighted by Crippen LogP contribution is 2.34. The molecule has 6 rings (SSSR count). The number of fused-ring (bicyclic) bond motifs is 2. The summed E-state index contributed by atoms with van der Waals surface area (Å²) in [4.78, 5) is 26.7. The van der Waals surface area contributed by atoms with Gasteiger partial charge in [-0.2, -0.15) is 0 Å². The quantitative estimate of drug-likeness (QED) is 0.415. The lowest BCUT2D eigenvalue weighted by Crippen LogP contribution is -2.30. The molecule has 2 aliphatic rings. The highest BCUT2D eigenvalue weighted by Gasteiger charge is 2.36. The van der Waals surface area contributed by atoms with E-state index in [2.05, 4.69) is 15.3 Å². The van der Waals surface area contributed by atoms with E-state index in [1.165, 1.54) is 6.92 Å². The molecule has 38 heavy (non-hydrogen) atoms. The number of carbonyl (C=O) groups is 1. The number of halogens is 1. The number of hydrogen-bond acceptors (Lipinski definition) is 7. The molecule has 0 saturated carbocycles. The first-order valence-electron chi connectivity index (χ1n) is 12.5. The summed E-state index contributed by atoms with van der Waals surface area (Å²) in [5.41, 5.74) is 2.12. The van der Waals surface area contributed by atoms with Gasteiger partial charge in [-0.1, -0.05) is 12.1 Å². The van der Waals surface area contributed by atoms with E-state index in [9.17, 15) is 14.3 Å². The second-order valence-electron chi connectivity index (χ2n) is 10.1. The van der Waals surface area contributed by atoms with E-state index in [0.717, 1.165) is 10.9 Å². The maximum atomic E-state index is 14.9. The fourth-order valence-corrected chi connectivity index (χ4v) is 4.92. The molecule has 1 fully saturated rings. The first kappa shape index (κ1) is 24.5. The zero-order valence-corrected chi connectivity index (χ0v) is 20.9. The van der Waals surface area contributed by atoms with Gasteiger partial charge in [0.2, 0.25) is 0 Å². The summed E-state index contributed by atoms with van der Waals surface area (Å²) in [6, 6.07) is 16.1. The minimum atomic E-state index is -1.63. The summed E-state index contributed by atoms with van der Waals surface area (Å²) < 4.78 is 25.6. The number of ether oxygens (including phenoxy) is 2. The van der Waals surface area contributed by atoms with Gasteiger partial charge in [0.05, 0.1) is 54.7 Å². The molecule has 1 aromatic carbocycles. The van der Waals surface area contributed by atoms with Gasteiger partial charge in [-0.05, 0) is 60.5 Å². The van der Waals surface area contributed by atoms with Crippen LogP contribution in [0.15, 0.2) is 60.8 Å². The molecule has 1 saturated heterocycles. The van der Waals surface area contributed by atoms with Crippen molar-refractivity contribution in [3.8, 4) is 11.4 Å². The Bertz CT molecular complexity index is 1530. The molecule has 2 aliphatic heterocycles. The first-order valence-corrected chi connectivity index (χ1v) is 12.5. The first-order chi connectivity index (χ1) is 18.3. The second kappa shape index (κ2) is 9.50. The van der Waals surface area contributed by atoms with Crippen molar-refractivity contribution < 1.29 is 23.8 Å². The average Bonchev–Trinajstić information content (AvgIpc) is 3.39. The summed E-state index contributed by atoms with van der Waals surface area (Å²) in [6.07, 6.45) is 2.21. The Hall–Kier alpha value is -3.79. The van der Waals surface area contributed by atoms with Gasteiger partial charge in [-0.15, -0.1) is 0 Å². The van der Waals surface area contributed by atoms with Gasteiger partial charge in [-0.25, -0.2) is 14.4 Å². The number of benzene rings is 1. The number of nitrogens with one attached hydrogen (secondary N) is 1. The van der Waals surface area contributed by atoms with Gasteiger partial charge in [0.15, 0.2) is 5.67 Å². The average molecular weight is 515 g/mol. The van der Waals surface area contributed by atoms with Crippen LogP contribution in [0.2, 0.25) is 0 Å². The molecule has 9 heteroatoms. The number of carbonyl (C=O) groups excluding carboxylic acids is 1. The summed E-state index contributed by atoms with van der Waals surface area (Å²) in [7, 11) is 0. The van der Waals surface area contributed by atoms with Crippen LogP contribution in [0.5, 0.6) is 0 Å². The van der Waals surface area contributed by atoms with Crippen LogP contribution in [0.4, 0.5) is 4.39 Å². The van der Waals surface area contributed by atoms with Crippen molar-refractivity contribution in [2.24, 2.45) is 0 Å². The van der Waals surface area contributed by atoms with Crippen LogP contribution in [0.1, 0.15) is 46.2 Å². The number of hydrogen-bond donors (Lipinski definition) is 2. The molecule has 2 N–H and O–H groups in total. The van der Waals surface area contributed by atoms with Crippen molar-refractivity contribution in [1.82, 2.24) is 20.3 Å². The third kappa shape index (κ3) is 4.64. The van der Waals surface area contributed by atoms with Crippen molar-refractivity contribution in [2.45, 2.75) is 37.8 Å². The van der Waals surface area contributed by atoms with Crippen molar-refractivity contribution in [2.75, 3.05) is 19.8 Å². The van der Waals surface area contributed by atoms with Crippen LogP contribution in [0.3, 0.4) is 0 Å². The molecule has 194 valence electrons. The smallest absolute Gasteiger partial charge is 0.251 e. The molecular formula is C29H27FN4O4. The minimum absolute atomic E-state index is 0.0316. The molecule has 8 nitrogen and oxygen atoms in total. The maximum Gasteiger partial charge on any atom is 0.251 e. The van der Waals surface area contributed by atoms with Gasteiger partial charge in [-0.3, -0.25) is 9.78 Å². The van der Waals surface area contributed by atoms with Crippen LogP contribution in [-0.2, 0) is 33.9 Å². The Morgan fingerprint density at radius 3 is 2.79 bits per heavy atom. The molecule has 0 bridgehead atoms. The Kier molecular flexibility index (Phi) is 6.14. The van der Waals surface area contributed by atoms with Crippen LogP contribution >= 0.6 is 0 Å². The van der Waals surface area contributed by atoms with Gasteiger partial charge < -0.3 is 19.9 Å². The topological polar surface area (TPSA) is 106 Å². The Morgan fingerprint density at radius 1 is 1.08 bits per heavy atom. The van der Waals surface area contributed by atoms with Crippen LogP contribution in [0.25, 0.3) is 22.3 Å². The lowest BCUT2D eigenvalue weighted by molar-refractivity contribution is -0.00467. The van der Waals surface area contributed by atoms with Crippen molar-refractivity contribution in [3.05, 3.63) is 88.9 Å². The van der Waals surface area contributed by atoms with Crippen molar-refractivity contribution >= 4 is 16.8 Å². The normalized spacial score (nSPS) is 22.8. The second-order valence-corrected chi connectivity index (χ2v) is 10.1. The Labute approximate surface area is 218 Å². The molecule has 0 spiro atoms. The molecule has 0 radical (unpaired) electrons. The third-order valence-corrected chi connectivity index (χ3v) is 7.11. The molecule has 5 heterocycles. The Balaban J connectivity index is 1.21. The lowest BCUT2D eigenvalue weighted by Gasteiger charge is -2.29. The highest BCUT2D eigenvalue weighted by atomic mass is 19.1. The van der Waals surface area contributed by atoms with Gasteiger partial charge in [0.25, 0.3) is 5.91 Å². The zero-order valence-electron chi connectivity index (χ0n) is 20.9. The largest absolute Gasteiger partial charge is 0.381 e. The predicted molar refractivity (Wildman–Crippen MR) is 138 cm³/mol. The van der Waals surface area contributed by atoms with Crippen molar-refractivity contribution in [1.29, 1.82) is 0 Å². The third-order valence-electron chi connectivity index (χ3n) is 7.11. The SMILES string of the molecule is C[C@@]1(F)COCc2ccc(C(=O)NCc3cc4nc(-c5cccc(C6(O)CCOC6)n5)ccc4cn3)cc21. The van der Waals surface area contributed by atoms with Gasteiger partial charge in [0, 0.05) is 30.2 Å². The fraction of sp³-hybridized carbons (Fsp3) is 0.310. The monoisotopic (exact) mass is 514 g/mol. The molecule has 4 aromatic rings. The fourth-order valence-electron chi connectivity index (χ4n) is 4.92. The van der Waals surface area contributed by atoms with Crippen molar-refractivity contribution in [3.63, 3.8) is 0 Å². The van der Waals surface area contributed by atoms with Gasteiger partial charge >= 0.3 is 0 Å². The molecule has 3 aromatic heterocycles. The number of pyridine rings is 3. The molecule has 2 atom stereocenters. The maximum absolute atomic E-state index is 14.9. The molecule has 1 unspecified atom stereocenters. The molecule has 1 amide bonds. The standard InChI is InChI=1S/C29H27FN4O4/c1-28(30)16-38-15-20-6-5-18(11-22(20)28)27(35)32-14-21-12-25-19(13-31-21)7-8-24(33-25)23-3-2-4-26(34-23)29(36)9-10-37-17-29/h2-8,11-13,36H,9-10,14-17H2,1H3,(H,32,35)/t28-,29?/m1/s1. The number of amides is 1. The number of nitrogens with zero attached hydrogens (tertiary/aromatic N) is 3. The van der Waals surface area contributed by atoms with Crippen LogP contribution in [-0.4, -0.2) is 45.8 Å². The summed E-state index contributed by atoms with van der Waals surface area (Å²) in [5.74, 6) is -0.312. The summed E-state index contributed by atoms with van der Waals surface area (Å²) in [6.45, 7) is 2.68. The number of aromatic nitrogens is 3. The van der Waals surface area contributed by atoms with Gasteiger partial charge in [0.1, 0.15) is 5.60 Å². The Morgan fingerprint density at radius 2 is 1.95 bits per heavy atom. The van der Waals surface area contributed by atoms with E-state index in [4.69, 9.17) is 14.5 Å². The zero-order chi connectivity index (χ0) is 26.3. The van der Waals surface area contributed by atoms with Crippen LogP contribution in [0, 0.1) is 0 Å².